The predicted octanol–water partition coefficient (Wildman–Crippen LogP) is 2.40. The molecule has 1 aliphatic rings. The first kappa shape index (κ1) is 18.0. The Morgan fingerprint density at radius 1 is 1.48 bits per heavy atom. The number of nitrogens with one attached hydrogen (secondary N) is 1. The standard InChI is InChI=1S/C18H32N4O/c1-14(2)9-19-17(23)7-6-8-22-12-16(18(3,4)13-22)15-10-20-21(5)11-15/h10-11,14,16H,6-9,12-13H2,1-5H3,(H,19,23). The molecule has 130 valence electrons. The van der Waals surface area contributed by atoms with Crippen molar-refractivity contribution >= 4 is 5.91 Å². The van der Waals surface area contributed by atoms with Gasteiger partial charge in [-0.25, -0.2) is 0 Å². The van der Waals surface area contributed by atoms with Gasteiger partial charge < -0.3 is 10.2 Å². The SMILES string of the molecule is CC(C)CNC(=O)CCCN1CC(c2cnn(C)c2)C(C)(C)C1. The highest BCUT2D eigenvalue weighted by Crippen LogP contribution is 2.42. The predicted molar refractivity (Wildman–Crippen MR) is 93.3 cm³/mol. The molecule has 1 N–H and O–H groups in total. The van der Waals surface area contributed by atoms with Crippen LogP contribution in [0.25, 0.3) is 0 Å². The van der Waals surface area contributed by atoms with Crippen LogP contribution in [-0.2, 0) is 11.8 Å². The van der Waals surface area contributed by atoms with Crippen molar-refractivity contribution in [2.45, 2.75) is 46.5 Å². The summed E-state index contributed by atoms with van der Waals surface area (Å²) in [5.74, 6) is 1.21. The highest BCUT2D eigenvalue weighted by atomic mass is 16.1. The highest BCUT2D eigenvalue weighted by Gasteiger charge is 2.40. The van der Waals surface area contributed by atoms with E-state index in [4.69, 9.17) is 0 Å². The summed E-state index contributed by atoms with van der Waals surface area (Å²) in [6, 6.07) is 0. The Labute approximate surface area is 140 Å². The second kappa shape index (κ2) is 7.47. The molecule has 1 fully saturated rings. The van der Waals surface area contributed by atoms with Gasteiger partial charge in [0.2, 0.25) is 5.91 Å². The smallest absolute Gasteiger partial charge is 0.220 e. The molecule has 0 radical (unpaired) electrons. The Kier molecular flexibility index (Phi) is 5.84. The molecule has 0 bridgehead atoms. The second-order valence-electron chi connectivity index (χ2n) is 8.03. The first-order chi connectivity index (χ1) is 10.8. The molecule has 1 unspecified atom stereocenters. The Morgan fingerprint density at radius 3 is 2.83 bits per heavy atom. The van der Waals surface area contributed by atoms with Gasteiger partial charge in [-0.1, -0.05) is 27.7 Å². The van der Waals surface area contributed by atoms with Gasteiger partial charge in [-0.15, -0.1) is 0 Å². The van der Waals surface area contributed by atoms with Gasteiger partial charge in [-0.2, -0.15) is 5.10 Å². The zero-order valence-corrected chi connectivity index (χ0v) is 15.3. The van der Waals surface area contributed by atoms with Crippen molar-refractivity contribution in [1.29, 1.82) is 0 Å². The van der Waals surface area contributed by atoms with E-state index in [0.717, 1.165) is 32.6 Å². The largest absolute Gasteiger partial charge is 0.356 e. The van der Waals surface area contributed by atoms with E-state index < -0.39 is 0 Å². The number of carbonyl (C=O) groups is 1. The fraction of sp³-hybridized carbons (Fsp3) is 0.778. The Bertz CT molecular complexity index is 521. The van der Waals surface area contributed by atoms with E-state index in [0.29, 0.717) is 18.3 Å². The molecule has 5 nitrogen and oxygen atoms in total. The van der Waals surface area contributed by atoms with Crippen LogP contribution in [0.3, 0.4) is 0 Å². The van der Waals surface area contributed by atoms with Gasteiger partial charge in [0.15, 0.2) is 0 Å². The van der Waals surface area contributed by atoms with Crippen LogP contribution in [0, 0.1) is 11.3 Å². The van der Waals surface area contributed by atoms with Crippen molar-refractivity contribution in [3.05, 3.63) is 18.0 Å². The monoisotopic (exact) mass is 320 g/mol. The average Bonchev–Trinajstić information content (AvgIpc) is 2.99. The first-order valence-electron chi connectivity index (χ1n) is 8.75. The fourth-order valence-electron chi connectivity index (χ4n) is 3.47. The van der Waals surface area contributed by atoms with Gasteiger partial charge in [-0.05, 0) is 29.9 Å². The van der Waals surface area contributed by atoms with Crippen LogP contribution < -0.4 is 5.32 Å². The van der Waals surface area contributed by atoms with Crippen molar-refractivity contribution in [3.63, 3.8) is 0 Å². The number of aromatic nitrogens is 2. The molecular formula is C18H32N4O. The minimum absolute atomic E-state index is 0.181. The molecule has 0 aliphatic carbocycles. The third kappa shape index (κ3) is 5.06. The highest BCUT2D eigenvalue weighted by molar-refractivity contribution is 5.75. The minimum Gasteiger partial charge on any atom is -0.356 e. The number of amides is 1. The summed E-state index contributed by atoms with van der Waals surface area (Å²) in [5.41, 5.74) is 1.58. The second-order valence-corrected chi connectivity index (χ2v) is 8.03. The number of likely N-dealkylation sites (tertiary alicyclic amines) is 1. The van der Waals surface area contributed by atoms with E-state index in [-0.39, 0.29) is 11.3 Å². The summed E-state index contributed by atoms with van der Waals surface area (Å²) in [6.45, 7) is 12.8. The molecular weight excluding hydrogens is 288 g/mol. The van der Waals surface area contributed by atoms with Crippen LogP contribution in [0.2, 0.25) is 0 Å². The van der Waals surface area contributed by atoms with Crippen LogP contribution in [-0.4, -0.2) is 46.8 Å². The zero-order valence-electron chi connectivity index (χ0n) is 15.3. The van der Waals surface area contributed by atoms with Crippen LogP contribution in [0.1, 0.15) is 52.0 Å². The fourth-order valence-corrected chi connectivity index (χ4v) is 3.47. The lowest BCUT2D eigenvalue weighted by Gasteiger charge is -2.24. The molecule has 5 heteroatoms. The van der Waals surface area contributed by atoms with Gasteiger partial charge in [-0.3, -0.25) is 9.48 Å². The summed E-state index contributed by atoms with van der Waals surface area (Å²) in [7, 11) is 1.97. The molecule has 1 aromatic heterocycles. The Balaban J connectivity index is 1.78. The molecule has 0 aromatic carbocycles. The zero-order chi connectivity index (χ0) is 17.0. The van der Waals surface area contributed by atoms with E-state index in [1.54, 1.807) is 0 Å². The molecule has 2 heterocycles. The lowest BCUT2D eigenvalue weighted by molar-refractivity contribution is -0.121. The third-order valence-electron chi connectivity index (χ3n) is 4.73. The maximum Gasteiger partial charge on any atom is 0.220 e. The Morgan fingerprint density at radius 2 is 2.22 bits per heavy atom. The molecule has 1 saturated heterocycles. The van der Waals surface area contributed by atoms with Gasteiger partial charge in [0, 0.05) is 45.2 Å². The lowest BCUT2D eigenvalue weighted by Crippen LogP contribution is -2.29. The topological polar surface area (TPSA) is 50.2 Å². The van der Waals surface area contributed by atoms with E-state index in [1.807, 2.05) is 17.9 Å². The summed E-state index contributed by atoms with van der Waals surface area (Å²) in [4.78, 5) is 14.3. The molecule has 1 aliphatic heterocycles. The Hall–Kier alpha value is -1.36. The van der Waals surface area contributed by atoms with Gasteiger partial charge in [0.1, 0.15) is 0 Å². The maximum atomic E-state index is 11.8. The van der Waals surface area contributed by atoms with E-state index in [1.165, 1.54) is 5.56 Å². The summed E-state index contributed by atoms with van der Waals surface area (Å²) in [6.07, 6.45) is 5.69. The van der Waals surface area contributed by atoms with Gasteiger partial charge in [0.25, 0.3) is 0 Å². The maximum absolute atomic E-state index is 11.8. The average molecular weight is 320 g/mol. The number of nitrogens with zero attached hydrogens (tertiary/aromatic N) is 3. The summed E-state index contributed by atoms with van der Waals surface area (Å²) in [5, 5.41) is 7.31. The minimum atomic E-state index is 0.181. The molecule has 0 saturated carbocycles. The number of aryl methyl sites for hydroxylation is 1. The van der Waals surface area contributed by atoms with Crippen LogP contribution in [0.5, 0.6) is 0 Å². The molecule has 1 amide bonds. The van der Waals surface area contributed by atoms with E-state index in [9.17, 15) is 4.79 Å². The quantitative estimate of drug-likeness (QED) is 0.839. The van der Waals surface area contributed by atoms with Crippen molar-refractivity contribution < 1.29 is 4.79 Å². The number of carbonyl (C=O) groups excluding carboxylic acids is 1. The molecule has 0 spiro atoms. The molecule has 1 aromatic rings. The van der Waals surface area contributed by atoms with Crippen LogP contribution >= 0.6 is 0 Å². The summed E-state index contributed by atoms with van der Waals surface area (Å²) >= 11 is 0. The molecule has 23 heavy (non-hydrogen) atoms. The third-order valence-corrected chi connectivity index (χ3v) is 4.73. The van der Waals surface area contributed by atoms with Crippen molar-refractivity contribution in [2.75, 3.05) is 26.2 Å². The van der Waals surface area contributed by atoms with Crippen molar-refractivity contribution in [2.24, 2.45) is 18.4 Å². The lowest BCUT2D eigenvalue weighted by atomic mass is 9.79. The normalized spacial score (nSPS) is 21.0. The summed E-state index contributed by atoms with van der Waals surface area (Å²) < 4.78 is 1.88. The molecule has 1 atom stereocenters. The van der Waals surface area contributed by atoms with Gasteiger partial charge >= 0.3 is 0 Å². The number of hydrogen-bond donors (Lipinski definition) is 1. The van der Waals surface area contributed by atoms with Crippen LogP contribution in [0.15, 0.2) is 12.4 Å². The first-order valence-corrected chi connectivity index (χ1v) is 8.75. The van der Waals surface area contributed by atoms with Crippen molar-refractivity contribution in [1.82, 2.24) is 20.0 Å². The number of hydrogen-bond acceptors (Lipinski definition) is 3. The van der Waals surface area contributed by atoms with Crippen LogP contribution in [0.4, 0.5) is 0 Å². The van der Waals surface area contributed by atoms with E-state index >= 15 is 0 Å². The van der Waals surface area contributed by atoms with E-state index in [2.05, 4.69) is 49.2 Å². The van der Waals surface area contributed by atoms with Gasteiger partial charge in [0.05, 0.1) is 6.20 Å². The molecule has 2 rings (SSSR count). The van der Waals surface area contributed by atoms with Crippen molar-refractivity contribution in [3.8, 4) is 0 Å². The number of rotatable bonds is 7.